The van der Waals surface area contributed by atoms with Crippen molar-refractivity contribution in [3.05, 3.63) is 64.7 Å². The Bertz CT molecular complexity index is 1090. The highest BCUT2D eigenvalue weighted by Gasteiger charge is 2.35. The van der Waals surface area contributed by atoms with E-state index in [0.29, 0.717) is 18.7 Å². The lowest BCUT2D eigenvalue weighted by Crippen LogP contribution is -2.31. The predicted molar refractivity (Wildman–Crippen MR) is 115 cm³/mol. The summed E-state index contributed by atoms with van der Waals surface area (Å²) in [6.07, 6.45) is 0.313. The van der Waals surface area contributed by atoms with Gasteiger partial charge in [-0.15, -0.1) is 0 Å². The summed E-state index contributed by atoms with van der Waals surface area (Å²) in [5.74, 6) is -1.55. The second-order valence-corrected chi connectivity index (χ2v) is 7.13. The molecule has 3 rings (SSSR count). The zero-order chi connectivity index (χ0) is 23.1. The van der Waals surface area contributed by atoms with E-state index in [1.165, 1.54) is 23.1 Å². The van der Waals surface area contributed by atoms with Gasteiger partial charge in [-0.05, 0) is 42.3 Å². The van der Waals surface area contributed by atoms with E-state index in [9.17, 15) is 19.2 Å². The van der Waals surface area contributed by atoms with Crippen LogP contribution in [0.3, 0.4) is 0 Å². The molecule has 0 spiro atoms. The Morgan fingerprint density at radius 3 is 2.47 bits per heavy atom. The molecule has 1 aliphatic heterocycles. The quantitative estimate of drug-likeness (QED) is 0.459. The number of methoxy groups -OCH3 is 1. The fourth-order valence-corrected chi connectivity index (χ4v) is 3.27. The maximum atomic E-state index is 12.6. The molecule has 2 N–H and O–H groups in total. The van der Waals surface area contributed by atoms with Crippen LogP contribution in [0, 0.1) is 11.3 Å². The fourth-order valence-electron chi connectivity index (χ4n) is 3.27. The standard InChI is InChI=1S/C23H22N4O5/c1-32-12-2-11-27-22(30)18-8-5-16(13-19(18)23(27)31)21(29)25-14-15-3-6-17(7-4-15)26-20(28)9-10-24/h3-8,13H,2,9,11-12,14H2,1H3,(H,25,29)(H,26,28). The van der Waals surface area contributed by atoms with Crippen molar-refractivity contribution >= 4 is 29.3 Å². The molecule has 0 aromatic heterocycles. The molecule has 1 heterocycles. The number of carbonyl (C=O) groups excluding carboxylic acids is 4. The number of nitrogens with one attached hydrogen (secondary N) is 2. The molecule has 0 atom stereocenters. The number of carbonyl (C=O) groups is 4. The molecule has 0 saturated heterocycles. The van der Waals surface area contributed by atoms with Gasteiger partial charge in [0.05, 0.1) is 17.2 Å². The smallest absolute Gasteiger partial charge is 0.261 e. The van der Waals surface area contributed by atoms with E-state index in [1.807, 2.05) is 0 Å². The molecule has 0 aliphatic carbocycles. The Balaban J connectivity index is 1.60. The van der Waals surface area contributed by atoms with Gasteiger partial charge >= 0.3 is 0 Å². The van der Waals surface area contributed by atoms with E-state index in [4.69, 9.17) is 10.00 Å². The van der Waals surface area contributed by atoms with Crippen LogP contribution in [0.5, 0.6) is 0 Å². The van der Waals surface area contributed by atoms with Crippen LogP contribution in [0.4, 0.5) is 5.69 Å². The zero-order valence-corrected chi connectivity index (χ0v) is 17.5. The van der Waals surface area contributed by atoms with Gasteiger partial charge in [-0.3, -0.25) is 24.1 Å². The van der Waals surface area contributed by atoms with Crippen molar-refractivity contribution in [3.8, 4) is 6.07 Å². The summed E-state index contributed by atoms with van der Waals surface area (Å²) >= 11 is 0. The SMILES string of the molecule is COCCCN1C(=O)c2ccc(C(=O)NCc3ccc(NC(=O)CC#N)cc3)cc2C1=O. The zero-order valence-electron chi connectivity index (χ0n) is 17.5. The number of amides is 4. The van der Waals surface area contributed by atoms with Crippen LogP contribution in [0.2, 0.25) is 0 Å². The third kappa shape index (κ3) is 5.17. The van der Waals surface area contributed by atoms with Gasteiger partial charge in [0, 0.05) is 38.1 Å². The number of rotatable bonds is 9. The molecule has 164 valence electrons. The molecular formula is C23H22N4O5. The highest BCUT2D eigenvalue weighted by Crippen LogP contribution is 2.24. The molecule has 0 fully saturated rings. The van der Waals surface area contributed by atoms with Crippen LogP contribution in [0.1, 0.15) is 49.5 Å². The monoisotopic (exact) mass is 434 g/mol. The number of hydrogen-bond donors (Lipinski definition) is 2. The maximum absolute atomic E-state index is 12.6. The Kier molecular flexibility index (Phi) is 7.31. The molecule has 2 aromatic rings. The van der Waals surface area contributed by atoms with Crippen molar-refractivity contribution in [2.45, 2.75) is 19.4 Å². The highest BCUT2D eigenvalue weighted by atomic mass is 16.5. The molecule has 4 amide bonds. The van der Waals surface area contributed by atoms with E-state index in [0.717, 1.165) is 5.56 Å². The van der Waals surface area contributed by atoms with Crippen LogP contribution in [0.25, 0.3) is 0 Å². The minimum absolute atomic E-state index is 0.220. The summed E-state index contributed by atoms with van der Waals surface area (Å²) in [7, 11) is 1.55. The minimum atomic E-state index is -0.412. The van der Waals surface area contributed by atoms with Crippen LogP contribution in [-0.4, -0.2) is 48.8 Å². The topological polar surface area (TPSA) is 129 Å². The lowest BCUT2D eigenvalue weighted by Gasteiger charge is -2.12. The van der Waals surface area contributed by atoms with E-state index >= 15 is 0 Å². The van der Waals surface area contributed by atoms with Crippen molar-refractivity contribution < 1.29 is 23.9 Å². The van der Waals surface area contributed by atoms with Crippen LogP contribution >= 0.6 is 0 Å². The first kappa shape index (κ1) is 22.7. The molecule has 1 aliphatic rings. The number of nitriles is 1. The molecule has 32 heavy (non-hydrogen) atoms. The number of fused-ring (bicyclic) bond motifs is 1. The molecular weight excluding hydrogens is 412 g/mol. The van der Waals surface area contributed by atoms with Crippen molar-refractivity contribution in [1.29, 1.82) is 5.26 Å². The molecule has 9 nitrogen and oxygen atoms in total. The van der Waals surface area contributed by atoms with Gasteiger partial charge in [-0.25, -0.2) is 0 Å². The Morgan fingerprint density at radius 2 is 1.78 bits per heavy atom. The van der Waals surface area contributed by atoms with Gasteiger partial charge in [0.15, 0.2) is 0 Å². The van der Waals surface area contributed by atoms with Crippen molar-refractivity contribution in [2.75, 3.05) is 25.6 Å². The number of benzene rings is 2. The van der Waals surface area contributed by atoms with Gasteiger partial charge in [0.25, 0.3) is 17.7 Å². The molecule has 0 radical (unpaired) electrons. The van der Waals surface area contributed by atoms with Gasteiger partial charge in [-0.1, -0.05) is 12.1 Å². The molecule has 0 saturated carbocycles. The van der Waals surface area contributed by atoms with E-state index in [1.54, 1.807) is 37.4 Å². The summed E-state index contributed by atoms with van der Waals surface area (Å²) in [4.78, 5) is 50.2. The van der Waals surface area contributed by atoms with E-state index in [2.05, 4.69) is 10.6 Å². The predicted octanol–water partition coefficient (Wildman–Crippen LogP) is 2.10. The second-order valence-electron chi connectivity index (χ2n) is 7.13. The van der Waals surface area contributed by atoms with Crippen molar-refractivity contribution in [1.82, 2.24) is 10.2 Å². The third-order valence-corrected chi connectivity index (χ3v) is 4.89. The third-order valence-electron chi connectivity index (χ3n) is 4.89. The Hall–Kier alpha value is -4.03. The molecule has 2 aromatic carbocycles. The molecule has 9 heteroatoms. The highest BCUT2D eigenvalue weighted by molar-refractivity contribution is 6.22. The first-order valence-corrected chi connectivity index (χ1v) is 9.97. The number of nitrogens with zero attached hydrogens (tertiary/aromatic N) is 2. The van der Waals surface area contributed by atoms with Gasteiger partial charge in [0.2, 0.25) is 5.91 Å². The summed E-state index contributed by atoms with van der Waals surface area (Å²) in [5.41, 5.74) is 2.14. The Labute approximate surface area is 185 Å². The second kappa shape index (κ2) is 10.3. The Morgan fingerprint density at radius 1 is 1.06 bits per heavy atom. The van der Waals surface area contributed by atoms with Crippen LogP contribution in [-0.2, 0) is 16.1 Å². The van der Waals surface area contributed by atoms with Gasteiger partial charge < -0.3 is 15.4 Å². The van der Waals surface area contributed by atoms with E-state index in [-0.39, 0.29) is 48.0 Å². The summed E-state index contributed by atoms with van der Waals surface area (Å²) in [6.45, 7) is 0.932. The van der Waals surface area contributed by atoms with Gasteiger partial charge in [0.1, 0.15) is 6.42 Å². The van der Waals surface area contributed by atoms with Crippen molar-refractivity contribution in [2.24, 2.45) is 0 Å². The normalized spacial score (nSPS) is 12.3. The largest absolute Gasteiger partial charge is 0.385 e. The maximum Gasteiger partial charge on any atom is 0.261 e. The van der Waals surface area contributed by atoms with Crippen LogP contribution in [0.15, 0.2) is 42.5 Å². The van der Waals surface area contributed by atoms with Crippen LogP contribution < -0.4 is 10.6 Å². The first-order chi connectivity index (χ1) is 15.4. The number of hydrogen-bond acceptors (Lipinski definition) is 6. The summed E-state index contributed by atoms with van der Waals surface area (Å²) < 4.78 is 4.96. The van der Waals surface area contributed by atoms with Gasteiger partial charge in [-0.2, -0.15) is 5.26 Å². The number of imide groups is 1. The molecule has 0 unspecified atom stereocenters. The fraction of sp³-hybridized carbons (Fsp3) is 0.261. The van der Waals surface area contributed by atoms with E-state index < -0.39 is 11.8 Å². The first-order valence-electron chi connectivity index (χ1n) is 9.97. The minimum Gasteiger partial charge on any atom is -0.385 e. The summed E-state index contributed by atoms with van der Waals surface area (Å²) in [6, 6.07) is 13.1. The number of ether oxygens (including phenoxy) is 1. The number of anilines is 1. The lowest BCUT2D eigenvalue weighted by atomic mass is 10.1. The molecule has 0 bridgehead atoms. The average molecular weight is 434 g/mol. The van der Waals surface area contributed by atoms with Crippen molar-refractivity contribution in [3.63, 3.8) is 0 Å². The summed E-state index contributed by atoms with van der Waals surface area (Å²) in [5, 5.41) is 13.9. The average Bonchev–Trinajstić information content (AvgIpc) is 3.03. The lowest BCUT2D eigenvalue weighted by molar-refractivity contribution is -0.115.